The first-order chi connectivity index (χ1) is 8.24. The molecule has 3 rings (SSSR count). The monoisotopic (exact) mass is 224 g/mol. The summed E-state index contributed by atoms with van der Waals surface area (Å²) in [4.78, 5) is 4.54. The zero-order valence-corrected chi connectivity index (χ0v) is 9.46. The van der Waals surface area contributed by atoms with E-state index in [0.29, 0.717) is 5.82 Å². The smallest absolute Gasteiger partial charge is 0.156 e. The average molecular weight is 224 g/mol. The second-order valence-electron chi connectivity index (χ2n) is 3.98. The van der Waals surface area contributed by atoms with E-state index in [4.69, 9.17) is 5.73 Å². The van der Waals surface area contributed by atoms with Gasteiger partial charge in [-0.05, 0) is 25.1 Å². The molecule has 0 bridgehead atoms. The number of hydrogen-bond donors (Lipinski definition) is 1. The van der Waals surface area contributed by atoms with Crippen LogP contribution in [-0.4, -0.2) is 14.8 Å². The van der Waals surface area contributed by atoms with Crippen LogP contribution >= 0.6 is 0 Å². The van der Waals surface area contributed by atoms with Crippen LogP contribution in [0.3, 0.4) is 0 Å². The van der Waals surface area contributed by atoms with E-state index in [2.05, 4.69) is 10.1 Å². The molecule has 0 aliphatic rings. The van der Waals surface area contributed by atoms with Gasteiger partial charge in [0.15, 0.2) is 5.82 Å². The minimum atomic E-state index is 0.602. The Morgan fingerprint density at radius 3 is 2.71 bits per heavy atom. The zero-order valence-electron chi connectivity index (χ0n) is 9.46. The van der Waals surface area contributed by atoms with Crippen molar-refractivity contribution in [3.8, 4) is 5.82 Å². The van der Waals surface area contributed by atoms with Crippen LogP contribution in [0, 0.1) is 6.92 Å². The Kier molecular flexibility index (Phi) is 2.08. The Bertz CT molecular complexity index is 685. The van der Waals surface area contributed by atoms with Crippen molar-refractivity contribution in [2.24, 2.45) is 0 Å². The largest absolute Gasteiger partial charge is 0.384 e. The fourth-order valence-electron chi connectivity index (χ4n) is 1.88. The highest BCUT2D eigenvalue weighted by Crippen LogP contribution is 2.16. The normalized spacial score (nSPS) is 10.9. The van der Waals surface area contributed by atoms with Gasteiger partial charge in [0, 0.05) is 11.5 Å². The van der Waals surface area contributed by atoms with Gasteiger partial charge in [-0.15, -0.1) is 0 Å². The number of hydrogen-bond acceptors (Lipinski definition) is 3. The maximum absolute atomic E-state index is 5.88. The third-order valence-corrected chi connectivity index (χ3v) is 2.66. The van der Waals surface area contributed by atoms with Gasteiger partial charge in [-0.1, -0.05) is 18.2 Å². The maximum Gasteiger partial charge on any atom is 0.156 e. The quantitative estimate of drug-likeness (QED) is 0.690. The third kappa shape index (κ3) is 1.63. The number of benzene rings is 1. The Labute approximate surface area is 98.7 Å². The van der Waals surface area contributed by atoms with Crippen LogP contribution in [0.1, 0.15) is 5.69 Å². The van der Waals surface area contributed by atoms with Gasteiger partial charge in [0.1, 0.15) is 5.82 Å². The average Bonchev–Trinajstić information content (AvgIpc) is 2.68. The number of pyridine rings is 1. The lowest BCUT2D eigenvalue weighted by molar-refractivity contribution is 0.847. The summed E-state index contributed by atoms with van der Waals surface area (Å²) in [5.41, 5.74) is 7.71. The van der Waals surface area contributed by atoms with Gasteiger partial charge in [0.2, 0.25) is 0 Å². The molecule has 0 aliphatic heterocycles. The molecule has 0 radical (unpaired) electrons. The first-order valence-electron chi connectivity index (χ1n) is 5.42. The molecule has 17 heavy (non-hydrogen) atoms. The molecule has 0 fully saturated rings. The SMILES string of the molecule is Cc1cc(N)n(-c2ccc3ccccc3n2)n1. The van der Waals surface area contributed by atoms with Crippen molar-refractivity contribution in [1.29, 1.82) is 0 Å². The number of para-hydroxylation sites is 1. The van der Waals surface area contributed by atoms with E-state index in [1.807, 2.05) is 49.4 Å². The van der Waals surface area contributed by atoms with E-state index < -0.39 is 0 Å². The van der Waals surface area contributed by atoms with Crippen LogP contribution < -0.4 is 5.73 Å². The number of nitrogens with zero attached hydrogens (tertiary/aromatic N) is 3. The van der Waals surface area contributed by atoms with E-state index in [1.165, 1.54) is 0 Å². The summed E-state index contributed by atoms with van der Waals surface area (Å²) < 4.78 is 1.65. The van der Waals surface area contributed by atoms with Crippen LogP contribution in [0.2, 0.25) is 0 Å². The third-order valence-electron chi connectivity index (χ3n) is 2.66. The van der Waals surface area contributed by atoms with Crippen LogP contribution in [-0.2, 0) is 0 Å². The van der Waals surface area contributed by atoms with Gasteiger partial charge < -0.3 is 5.73 Å². The van der Waals surface area contributed by atoms with Crippen molar-refractivity contribution in [2.45, 2.75) is 6.92 Å². The van der Waals surface area contributed by atoms with Crippen LogP contribution in [0.5, 0.6) is 0 Å². The van der Waals surface area contributed by atoms with E-state index in [0.717, 1.165) is 22.4 Å². The van der Waals surface area contributed by atoms with Crippen LogP contribution in [0.25, 0.3) is 16.7 Å². The first kappa shape index (κ1) is 9.84. The molecular weight excluding hydrogens is 212 g/mol. The molecule has 3 aromatic rings. The minimum absolute atomic E-state index is 0.602. The van der Waals surface area contributed by atoms with Gasteiger partial charge in [-0.3, -0.25) is 0 Å². The number of nitrogen functional groups attached to an aromatic ring is 1. The van der Waals surface area contributed by atoms with E-state index >= 15 is 0 Å². The number of nitrogens with two attached hydrogens (primary N) is 1. The second-order valence-corrected chi connectivity index (χ2v) is 3.98. The summed E-state index contributed by atoms with van der Waals surface area (Å²) in [6, 6.07) is 13.7. The lowest BCUT2D eigenvalue weighted by Crippen LogP contribution is -2.03. The second kappa shape index (κ2) is 3.59. The Hall–Kier alpha value is -2.36. The van der Waals surface area contributed by atoms with Crippen molar-refractivity contribution in [2.75, 3.05) is 5.73 Å². The Balaban J connectivity index is 2.21. The highest BCUT2D eigenvalue weighted by atomic mass is 15.3. The predicted octanol–water partition coefficient (Wildman–Crippen LogP) is 2.31. The standard InChI is InChI=1S/C13H12N4/c1-9-8-12(14)17(16-9)13-7-6-10-4-2-3-5-11(10)15-13/h2-8H,14H2,1H3. The van der Waals surface area contributed by atoms with Gasteiger partial charge in [0.25, 0.3) is 0 Å². The summed E-state index contributed by atoms with van der Waals surface area (Å²) in [5.74, 6) is 1.35. The molecule has 1 aromatic carbocycles. The molecule has 4 heteroatoms. The van der Waals surface area contributed by atoms with E-state index in [1.54, 1.807) is 4.68 Å². The fourth-order valence-corrected chi connectivity index (χ4v) is 1.88. The first-order valence-corrected chi connectivity index (χ1v) is 5.42. The van der Waals surface area contributed by atoms with Crippen molar-refractivity contribution in [3.05, 3.63) is 48.2 Å². The summed E-state index contributed by atoms with van der Waals surface area (Å²) >= 11 is 0. The van der Waals surface area contributed by atoms with Crippen molar-refractivity contribution < 1.29 is 0 Å². The lowest BCUT2D eigenvalue weighted by Gasteiger charge is -2.04. The van der Waals surface area contributed by atoms with Gasteiger partial charge in [-0.25, -0.2) is 4.98 Å². The van der Waals surface area contributed by atoms with Crippen molar-refractivity contribution >= 4 is 16.7 Å². The predicted molar refractivity (Wildman–Crippen MR) is 68.0 cm³/mol. The molecule has 0 amide bonds. The summed E-state index contributed by atoms with van der Waals surface area (Å²) in [6.07, 6.45) is 0. The molecule has 2 N–H and O–H groups in total. The Morgan fingerprint density at radius 2 is 1.94 bits per heavy atom. The number of rotatable bonds is 1. The molecule has 2 aromatic heterocycles. The fraction of sp³-hybridized carbons (Fsp3) is 0.0769. The molecule has 0 saturated heterocycles. The Morgan fingerprint density at radius 1 is 1.12 bits per heavy atom. The molecule has 0 spiro atoms. The number of aryl methyl sites for hydroxylation is 1. The summed E-state index contributed by atoms with van der Waals surface area (Å²) in [6.45, 7) is 1.91. The molecule has 0 atom stereocenters. The highest BCUT2D eigenvalue weighted by Gasteiger charge is 2.05. The molecule has 0 saturated carbocycles. The lowest BCUT2D eigenvalue weighted by atomic mass is 10.2. The molecule has 84 valence electrons. The van der Waals surface area contributed by atoms with Gasteiger partial charge in [0.05, 0.1) is 11.2 Å². The topological polar surface area (TPSA) is 56.7 Å². The van der Waals surface area contributed by atoms with Crippen LogP contribution in [0.4, 0.5) is 5.82 Å². The van der Waals surface area contributed by atoms with E-state index in [-0.39, 0.29) is 0 Å². The number of aromatic nitrogens is 3. The highest BCUT2D eigenvalue weighted by molar-refractivity contribution is 5.79. The van der Waals surface area contributed by atoms with Crippen molar-refractivity contribution in [1.82, 2.24) is 14.8 Å². The molecule has 2 heterocycles. The van der Waals surface area contributed by atoms with Gasteiger partial charge >= 0.3 is 0 Å². The van der Waals surface area contributed by atoms with Crippen molar-refractivity contribution in [3.63, 3.8) is 0 Å². The van der Waals surface area contributed by atoms with Crippen LogP contribution in [0.15, 0.2) is 42.5 Å². The minimum Gasteiger partial charge on any atom is -0.384 e. The molecular formula is C13H12N4. The van der Waals surface area contributed by atoms with Gasteiger partial charge in [-0.2, -0.15) is 9.78 Å². The zero-order chi connectivity index (χ0) is 11.8. The number of fused-ring (bicyclic) bond motifs is 1. The summed E-state index contributed by atoms with van der Waals surface area (Å²) in [5, 5.41) is 5.43. The van der Waals surface area contributed by atoms with E-state index in [9.17, 15) is 0 Å². The number of anilines is 1. The summed E-state index contributed by atoms with van der Waals surface area (Å²) in [7, 11) is 0. The molecule has 0 aliphatic carbocycles. The maximum atomic E-state index is 5.88. The molecule has 0 unspecified atom stereocenters. The molecule has 4 nitrogen and oxygen atoms in total.